The maximum absolute atomic E-state index is 13.2. The minimum absolute atomic E-state index is 0.0513. The van der Waals surface area contributed by atoms with Gasteiger partial charge in [0.25, 0.3) is 0 Å². The monoisotopic (exact) mass is 434 g/mol. The van der Waals surface area contributed by atoms with Crippen molar-refractivity contribution in [2.24, 2.45) is 5.92 Å². The molecule has 7 heteroatoms. The number of nitrogens with one attached hydrogen (secondary N) is 1. The summed E-state index contributed by atoms with van der Waals surface area (Å²) in [5, 5.41) is 2.82. The van der Waals surface area contributed by atoms with Gasteiger partial charge in [0.2, 0.25) is 11.8 Å². The van der Waals surface area contributed by atoms with E-state index >= 15 is 0 Å². The van der Waals surface area contributed by atoms with Crippen LogP contribution in [0.1, 0.15) is 18.0 Å². The largest absolute Gasteiger partial charge is 0.497 e. The van der Waals surface area contributed by atoms with Gasteiger partial charge in [-0.2, -0.15) is 0 Å². The van der Waals surface area contributed by atoms with Crippen LogP contribution in [0.15, 0.2) is 72.8 Å². The summed E-state index contributed by atoms with van der Waals surface area (Å²) in [7, 11) is 3.16. The Bertz CT molecular complexity index is 1100. The Labute approximate surface area is 185 Å². The van der Waals surface area contributed by atoms with Crippen LogP contribution in [0, 0.1) is 11.7 Å². The van der Waals surface area contributed by atoms with E-state index in [2.05, 4.69) is 5.32 Å². The van der Waals surface area contributed by atoms with Crippen molar-refractivity contribution in [3.63, 3.8) is 0 Å². The summed E-state index contributed by atoms with van der Waals surface area (Å²) in [4.78, 5) is 27.9. The van der Waals surface area contributed by atoms with Crippen molar-refractivity contribution in [1.29, 1.82) is 0 Å². The van der Waals surface area contributed by atoms with Crippen LogP contribution in [-0.4, -0.2) is 26.0 Å². The molecule has 6 nitrogen and oxygen atoms in total. The number of carbonyl (C=O) groups excluding carboxylic acids is 2. The van der Waals surface area contributed by atoms with Gasteiger partial charge >= 0.3 is 0 Å². The van der Waals surface area contributed by atoms with Gasteiger partial charge in [-0.1, -0.05) is 12.1 Å². The Morgan fingerprint density at radius 2 is 1.47 bits per heavy atom. The summed E-state index contributed by atoms with van der Waals surface area (Å²) in [6.45, 7) is 0. The zero-order valence-electron chi connectivity index (χ0n) is 17.7. The lowest BCUT2D eigenvalue weighted by atomic mass is 9.92. The SMILES string of the molecule is COc1ccc(C2C(C(=O)Nc3ccc(F)cc3)CC(=O)N2c2ccc(OC)cc2)cc1. The molecule has 4 rings (SSSR count). The predicted molar refractivity (Wildman–Crippen MR) is 119 cm³/mol. The highest BCUT2D eigenvalue weighted by molar-refractivity contribution is 6.04. The van der Waals surface area contributed by atoms with Crippen molar-refractivity contribution >= 4 is 23.2 Å². The van der Waals surface area contributed by atoms with Crippen molar-refractivity contribution < 1.29 is 23.5 Å². The first kappa shape index (κ1) is 21.4. The molecule has 1 aliphatic heterocycles. The van der Waals surface area contributed by atoms with Gasteiger partial charge in [-0.05, 0) is 66.2 Å². The van der Waals surface area contributed by atoms with Crippen LogP contribution in [-0.2, 0) is 9.59 Å². The molecule has 2 atom stereocenters. The van der Waals surface area contributed by atoms with E-state index in [1.165, 1.54) is 24.3 Å². The molecule has 164 valence electrons. The molecule has 1 heterocycles. The van der Waals surface area contributed by atoms with E-state index in [1.54, 1.807) is 55.5 Å². The average Bonchev–Trinajstić information content (AvgIpc) is 3.17. The highest BCUT2D eigenvalue weighted by Crippen LogP contribution is 2.42. The highest BCUT2D eigenvalue weighted by Gasteiger charge is 2.45. The molecule has 32 heavy (non-hydrogen) atoms. The van der Waals surface area contributed by atoms with Gasteiger partial charge < -0.3 is 19.7 Å². The van der Waals surface area contributed by atoms with Gasteiger partial charge in [0, 0.05) is 17.8 Å². The Hall–Kier alpha value is -3.87. The minimum atomic E-state index is -0.636. The molecule has 1 N–H and O–H groups in total. The summed E-state index contributed by atoms with van der Waals surface area (Å²) in [6, 6.07) is 19.5. The molecular formula is C25H23FN2O4. The van der Waals surface area contributed by atoms with E-state index in [-0.39, 0.29) is 24.1 Å². The minimum Gasteiger partial charge on any atom is -0.497 e. The molecule has 0 aromatic heterocycles. The molecule has 0 saturated carbocycles. The fourth-order valence-electron chi connectivity index (χ4n) is 3.97. The number of hydrogen-bond donors (Lipinski definition) is 1. The second-order valence-corrected chi connectivity index (χ2v) is 7.49. The number of hydrogen-bond acceptors (Lipinski definition) is 4. The summed E-state index contributed by atoms with van der Waals surface area (Å²) >= 11 is 0. The van der Waals surface area contributed by atoms with E-state index < -0.39 is 12.0 Å². The quantitative estimate of drug-likeness (QED) is 0.617. The van der Waals surface area contributed by atoms with Gasteiger partial charge in [-0.15, -0.1) is 0 Å². The van der Waals surface area contributed by atoms with Crippen molar-refractivity contribution in [3.8, 4) is 11.5 Å². The number of halogens is 1. The molecule has 1 fully saturated rings. The van der Waals surface area contributed by atoms with E-state index in [1.807, 2.05) is 12.1 Å². The summed E-state index contributed by atoms with van der Waals surface area (Å²) in [5.41, 5.74) is 1.96. The van der Waals surface area contributed by atoms with Crippen molar-refractivity contribution in [2.75, 3.05) is 24.4 Å². The van der Waals surface area contributed by atoms with E-state index in [0.717, 1.165) is 5.56 Å². The molecule has 2 amide bonds. The van der Waals surface area contributed by atoms with E-state index in [4.69, 9.17) is 9.47 Å². The molecule has 0 aliphatic carbocycles. The van der Waals surface area contributed by atoms with E-state index in [0.29, 0.717) is 22.9 Å². The second kappa shape index (κ2) is 9.09. The Balaban J connectivity index is 1.69. The van der Waals surface area contributed by atoms with Gasteiger partial charge in [0.15, 0.2) is 0 Å². The third kappa shape index (κ3) is 4.27. The topological polar surface area (TPSA) is 67.9 Å². The zero-order chi connectivity index (χ0) is 22.7. The summed E-state index contributed by atoms with van der Waals surface area (Å²) in [6.07, 6.45) is 0.0513. The molecule has 1 aliphatic rings. The first-order valence-electron chi connectivity index (χ1n) is 10.2. The number of ether oxygens (including phenoxy) is 2. The van der Waals surface area contributed by atoms with Crippen molar-refractivity contribution in [1.82, 2.24) is 0 Å². The number of anilines is 2. The second-order valence-electron chi connectivity index (χ2n) is 7.49. The standard InChI is InChI=1S/C25H23FN2O4/c1-31-20-11-3-16(4-12-20)24-22(25(30)27-18-7-5-17(26)6-8-18)15-23(29)28(24)19-9-13-21(32-2)14-10-19/h3-14,22,24H,15H2,1-2H3,(H,27,30). The number of nitrogens with zero attached hydrogens (tertiary/aromatic N) is 1. The Morgan fingerprint density at radius 3 is 2.03 bits per heavy atom. The van der Waals surface area contributed by atoms with Gasteiger partial charge in [0.1, 0.15) is 17.3 Å². The lowest BCUT2D eigenvalue weighted by Crippen LogP contribution is -2.32. The highest BCUT2D eigenvalue weighted by atomic mass is 19.1. The van der Waals surface area contributed by atoms with Crippen LogP contribution in [0.25, 0.3) is 0 Å². The van der Waals surface area contributed by atoms with E-state index in [9.17, 15) is 14.0 Å². The summed E-state index contributed by atoms with van der Waals surface area (Å²) in [5.74, 6) is -0.130. The lowest BCUT2D eigenvalue weighted by Gasteiger charge is -2.28. The van der Waals surface area contributed by atoms with Crippen LogP contribution in [0.4, 0.5) is 15.8 Å². The van der Waals surface area contributed by atoms with Crippen LogP contribution < -0.4 is 19.7 Å². The maximum Gasteiger partial charge on any atom is 0.230 e. The van der Waals surface area contributed by atoms with Crippen LogP contribution in [0.5, 0.6) is 11.5 Å². The molecule has 1 saturated heterocycles. The molecule has 0 spiro atoms. The number of methoxy groups -OCH3 is 2. The molecular weight excluding hydrogens is 411 g/mol. The lowest BCUT2D eigenvalue weighted by molar-refractivity contribution is -0.122. The first-order valence-corrected chi connectivity index (χ1v) is 10.2. The number of benzene rings is 3. The molecule has 0 bridgehead atoms. The third-order valence-corrected chi connectivity index (χ3v) is 5.58. The van der Waals surface area contributed by atoms with Gasteiger partial charge in [-0.25, -0.2) is 4.39 Å². The number of amides is 2. The number of rotatable bonds is 6. The normalized spacial score (nSPS) is 17.8. The molecule has 2 unspecified atom stereocenters. The molecule has 0 radical (unpaired) electrons. The number of carbonyl (C=O) groups is 2. The Kier molecular flexibility index (Phi) is 6.07. The zero-order valence-corrected chi connectivity index (χ0v) is 17.7. The van der Waals surface area contributed by atoms with Crippen molar-refractivity contribution in [3.05, 3.63) is 84.2 Å². The maximum atomic E-state index is 13.2. The first-order chi connectivity index (χ1) is 15.5. The fourth-order valence-corrected chi connectivity index (χ4v) is 3.97. The molecule has 3 aromatic rings. The predicted octanol–water partition coefficient (Wildman–Crippen LogP) is 4.58. The smallest absolute Gasteiger partial charge is 0.230 e. The van der Waals surface area contributed by atoms with Crippen LogP contribution >= 0.6 is 0 Å². The van der Waals surface area contributed by atoms with Gasteiger partial charge in [-0.3, -0.25) is 9.59 Å². The van der Waals surface area contributed by atoms with Gasteiger partial charge in [0.05, 0.1) is 26.2 Å². The van der Waals surface area contributed by atoms with Crippen LogP contribution in [0.3, 0.4) is 0 Å². The molecule has 3 aromatic carbocycles. The third-order valence-electron chi connectivity index (χ3n) is 5.58. The Morgan fingerprint density at radius 1 is 0.906 bits per heavy atom. The summed E-state index contributed by atoms with van der Waals surface area (Å²) < 4.78 is 23.7. The average molecular weight is 434 g/mol. The van der Waals surface area contributed by atoms with Crippen LogP contribution in [0.2, 0.25) is 0 Å². The van der Waals surface area contributed by atoms with Crippen molar-refractivity contribution in [2.45, 2.75) is 12.5 Å². The fraction of sp³-hybridized carbons (Fsp3) is 0.200.